The van der Waals surface area contributed by atoms with Crippen LogP contribution in [0.15, 0.2) is 54.6 Å². The van der Waals surface area contributed by atoms with E-state index in [4.69, 9.17) is 9.57 Å². The Labute approximate surface area is 112 Å². The maximum Gasteiger partial charge on any atom is 0.124 e. The van der Waals surface area contributed by atoms with Crippen molar-refractivity contribution in [2.45, 2.75) is 5.54 Å². The van der Waals surface area contributed by atoms with Gasteiger partial charge in [0.2, 0.25) is 0 Å². The standard InChI is InChI=1S/C16H15NO2/c1-2-6-12(7-3-1)16-13(11-19-17-16)10-18-15-9-5-4-8-14(15)16/h1-9,13,17H,10-11H2/t13-,16+/m0/s1. The number of benzene rings is 2. The number of rotatable bonds is 1. The van der Waals surface area contributed by atoms with E-state index in [-0.39, 0.29) is 5.54 Å². The second kappa shape index (κ2) is 4.08. The van der Waals surface area contributed by atoms with Gasteiger partial charge in [0.25, 0.3) is 0 Å². The Morgan fingerprint density at radius 1 is 0.947 bits per heavy atom. The van der Waals surface area contributed by atoms with Gasteiger partial charge in [0, 0.05) is 11.5 Å². The van der Waals surface area contributed by atoms with Gasteiger partial charge in [-0.3, -0.25) is 0 Å². The van der Waals surface area contributed by atoms with Gasteiger partial charge in [-0.25, -0.2) is 0 Å². The number of hydrogen-bond donors (Lipinski definition) is 1. The van der Waals surface area contributed by atoms with Crippen LogP contribution in [0.2, 0.25) is 0 Å². The van der Waals surface area contributed by atoms with Crippen LogP contribution in [0.3, 0.4) is 0 Å². The van der Waals surface area contributed by atoms with Crippen molar-refractivity contribution in [3.05, 3.63) is 65.7 Å². The molecule has 0 radical (unpaired) electrons. The zero-order chi connectivity index (χ0) is 12.7. The average Bonchev–Trinajstić information content (AvgIpc) is 2.93. The Hall–Kier alpha value is -1.84. The molecular weight excluding hydrogens is 238 g/mol. The summed E-state index contributed by atoms with van der Waals surface area (Å²) in [5.41, 5.74) is 5.37. The molecule has 2 aliphatic rings. The summed E-state index contributed by atoms with van der Waals surface area (Å²) in [6.45, 7) is 1.35. The van der Waals surface area contributed by atoms with Crippen molar-refractivity contribution >= 4 is 0 Å². The zero-order valence-electron chi connectivity index (χ0n) is 10.5. The molecule has 0 amide bonds. The number of nitrogens with one attached hydrogen (secondary N) is 1. The normalized spacial score (nSPS) is 28.3. The van der Waals surface area contributed by atoms with Crippen molar-refractivity contribution in [3.63, 3.8) is 0 Å². The van der Waals surface area contributed by atoms with Gasteiger partial charge < -0.3 is 9.57 Å². The summed E-state index contributed by atoms with van der Waals surface area (Å²) in [4.78, 5) is 5.58. The predicted molar refractivity (Wildman–Crippen MR) is 71.7 cm³/mol. The van der Waals surface area contributed by atoms with Crippen LogP contribution in [0.5, 0.6) is 5.75 Å². The van der Waals surface area contributed by atoms with Gasteiger partial charge in [-0.15, -0.1) is 0 Å². The maximum atomic E-state index is 5.86. The first-order valence-electron chi connectivity index (χ1n) is 6.58. The summed E-state index contributed by atoms with van der Waals surface area (Å²) in [5, 5.41) is 0. The molecule has 0 saturated carbocycles. The predicted octanol–water partition coefficient (Wildman–Crippen LogP) is 2.47. The van der Waals surface area contributed by atoms with E-state index in [2.05, 4.69) is 41.9 Å². The fourth-order valence-electron chi connectivity index (χ4n) is 3.17. The molecule has 2 atom stereocenters. The summed E-state index contributed by atoms with van der Waals surface area (Å²) in [5.74, 6) is 1.24. The molecule has 0 spiro atoms. The second-order valence-electron chi connectivity index (χ2n) is 5.09. The monoisotopic (exact) mass is 253 g/mol. The van der Waals surface area contributed by atoms with Crippen LogP contribution in [0.1, 0.15) is 11.1 Å². The zero-order valence-corrected chi connectivity index (χ0v) is 10.5. The van der Waals surface area contributed by atoms with E-state index in [1.54, 1.807) is 0 Å². The van der Waals surface area contributed by atoms with E-state index in [1.165, 1.54) is 5.56 Å². The molecule has 2 aliphatic heterocycles. The van der Waals surface area contributed by atoms with Gasteiger partial charge in [0.15, 0.2) is 0 Å². The molecular formula is C16H15NO2. The van der Waals surface area contributed by atoms with E-state index in [9.17, 15) is 0 Å². The van der Waals surface area contributed by atoms with Crippen molar-refractivity contribution in [1.29, 1.82) is 0 Å². The number of para-hydroxylation sites is 1. The van der Waals surface area contributed by atoms with Crippen LogP contribution in [0.25, 0.3) is 0 Å². The van der Waals surface area contributed by atoms with E-state index < -0.39 is 0 Å². The topological polar surface area (TPSA) is 30.5 Å². The largest absolute Gasteiger partial charge is 0.493 e. The SMILES string of the molecule is c1ccc([C@@]23NOC[C@@H]2COc2ccccc23)cc1. The van der Waals surface area contributed by atoms with Crippen LogP contribution in [0, 0.1) is 5.92 Å². The number of fused-ring (bicyclic) bond motifs is 3. The minimum atomic E-state index is -0.282. The fourth-order valence-corrected chi connectivity index (χ4v) is 3.17. The van der Waals surface area contributed by atoms with E-state index in [0.29, 0.717) is 19.1 Å². The minimum Gasteiger partial charge on any atom is -0.493 e. The molecule has 1 saturated heterocycles. The average molecular weight is 253 g/mol. The number of hydroxylamine groups is 1. The van der Waals surface area contributed by atoms with Crippen molar-refractivity contribution < 1.29 is 9.57 Å². The van der Waals surface area contributed by atoms with Gasteiger partial charge in [-0.1, -0.05) is 48.5 Å². The van der Waals surface area contributed by atoms with E-state index in [0.717, 1.165) is 11.3 Å². The molecule has 0 unspecified atom stereocenters. The lowest BCUT2D eigenvalue weighted by Crippen LogP contribution is -2.47. The number of ether oxygens (including phenoxy) is 1. The molecule has 0 bridgehead atoms. The molecule has 4 rings (SSSR count). The highest BCUT2D eigenvalue weighted by Gasteiger charge is 2.51. The lowest BCUT2D eigenvalue weighted by molar-refractivity contribution is 0.0705. The molecule has 19 heavy (non-hydrogen) atoms. The Bertz CT molecular complexity index is 599. The smallest absolute Gasteiger partial charge is 0.124 e. The van der Waals surface area contributed by atoms with Crippen LogP contribution in [-0.4, -0.2) is 13.2 Å². The summed E-state index contributed by atoms with van der Waals surface area (Å²) in [7, 11) is 0. The molecule has 2 aromatic rings. The lowest BCUT2D eigenvalue weighted by atomic mass is 9.73. The second-order valence-corrected chi connectivity index (χ2v) is 5.09. The first-order chi connectivity index (χ1) is 9.41. The molecule has 0 aliphatic carbocycles. The summed E-state index contributed by atoms with van der Waals surface area (Å²) in [6.07, 6.45) is 0. The molecule has 2 aromatic carbocycles. The van der Waals surface area contributed by atoms with E-state index >= 15 is 0 Å². The molecule has 0 aromatic heterocycles. The highest BCUT2D eigenvalue weighted by Crippen LogP contribution is 2.47. The van der Waals surface area contributed by atoms with Gasteiger partial charge in [-0.2, -0.15) is 5.48 Å². The van der Waals surface area contributed by atoms with Crippen molar-refractivity contribution in [2.24, 2.45) is 5.92 Å². The Morgan fingerprint density at radius 2 is 1.74 bits per heavy atom. The highest BCUT2D eigenvalue weighted by atomic mass is 16.7. The van der Waals surface area contributed by atoms with Crippen LogP contribution < -0.4 is 10.2 Å². The van der Waals surface area contributed by atoms with E-state index in [1.807, 2.05) is 18.2 Å². The number of hydrogen-bond acceptors (Lipinski definition) is 3. The van der Waals surface area contributed by atoms with Crippen LogP contribution in [-0.2, 0) is 10.4 Å². The quantitative estimate of drug-likeness (QED) is 0.847. The Kier molecular flexibility index (Phi) is 2.37. The highest BCUT2D eigenvalue weighted by molar-refractivity contribution is 5.49. The summed E-state index contributed by atoms with van der Waals surface area (Å²) >= 11 is 0. The first-order valence-corrected chi connectivity index (χ1v) is 6.58. The first kappa shape index (κ1) is 11.0. The Morgan fingerprint density at radius 3 is 2.63 bits per heavy atom. The van der Waals surface area contributed by atoms with Crippen molar-refractivity contribution in [1.82, 2.24) is 5.48 Å². The maximum absolute atomic E-state index is 5.86. The van der Waals surface area contributed by atoms with Crippen LogP contribution in [0.4, 0.5) is 0 Å². The third-order valence-corrected chi connectivity index (χ3v) is 4.11. The van der Waals surface area contributed by atoms with Crippen molar-refractivity contribution in [3.8, 4) is 5.75 Å². The molecule has 1 N–H and O–H groups in total. The van der Waals surface area contributed by atoms with Crippen LogP contribution >= 0.6 is 0 Å². The Balaban J connectivity index is 1.97. The van der Waals surface area contributed by atoms with Crippen molar-refractivity contribution in [2.75, 3.05) is 13.2 Å². The molecule has 1 fully saturated rings. The third-order valence-electron chi connectivity index (χ3n) is 4.11. The minimum absolute atomic E-state index is 0.282. The summed E-state index contributed by atoms with van der Waals surface area (Å²) < 4.78 is 5.86. The van der Waals surface area contributed by atoms with Gasteiger partial charge in [-0.05, 0) is 11.6 Å². The molecule has 3 heteroatoms. The third kappa shape index (κ3) is 1.46. The molecule has 2 heterocycles. The van der Waals surface area contributed by atoms with Gasteiger partial charge in [0.05, 0.1) is 13.2 Å². The van der Waals surface area contributed by atoms with Gasteiger partial charge >= 0.3 is 0 Å². The lowest BCUT2D eigenvalue weighted by Gasteiger charge is -2.39. The molecule has 96 valence electrons. The molecule has 3 nitrogen and oxygen atoms in total. The fraction of sp³-hybridized carbons (Fsp3) is 0.250. The summed E-state index contributed by atoms with van der Waals surface area (Å²) in [6, 6.07) is 18.7. The van der Waals surface area contributed by atoms with Gasteiger partial charge in [0.1, 0.15) is 11.3 Å².